The highest BCUT2D eigenvalue weighted by atomic mass is 16.5. The number of carbonyl (C=O) groups is 1. The Bertz CT molecular complexity index is 100. The van der Waals surface area contributed by atoms with E-state index in [1.807, 2.05) is 0 Å². The number of hydrogen-bond acceptors (Lipinski definition) is 2. The van der Waals surface area contributed by atoms with E-state index < -0.39 is 0 Å². The predicted octanol–water partition coefficient (Wildman–Crippen LogP) is 2.38. The SMILES string of the molecule is CC1(C)CCCC1.COC=O. The Labute approximate surface area is 68.9 Å². The summed E-state index contributed by atoms with van der Waals surface area (Å²) in [5.41, 5.74) is 0.694. The van der Waals surface area contributed by atoms with Gasteiger partial charge in [0.15, 0.2) is 0 Å². The predicted molar refractivity (Wildman–Crippen MR) is 45.3 cm³/mol. The fourth-order valence-corrected chi connectivity index (χ4v) is 1.33. The first kappa shape index (κ1) is 10.5. The summed E-state index contributed by atoms with van der Waals surface area (Å²) in [6.45, 7) is 5.10. The fourth-order valence-electron chi connectivity index (χ4n) is 1.33. The van der Waals surface area contributed by atoms with Crippen LogP contribution >= 0.6 is 0 Å². The lowest BCUT2D eigenvalue weighted by Gasteiger charge is -2.13. The largest absolute Gasteiger partial charge is 0.471 e. The summed E-state index contributed by atoms with van der Waals surface area (Å²) >= 11 is 0. The molecule has 0 N–H and O–H groups in total. The molecule has 0 radical (unpaired) electrons. The minimum atomic E-state index is 0.375. The summed E-state index contributed by atoms with van der Waals surface area (Å²) < 4.78 is 3.86. The lowest BCUT2D eigenvalue weighted by atomic mass is 9.92. The third kappa shape index (κ3) is 5.89. The molecular formula is C9H18O2. The van der Waals surface area contributed by atoms with Crippen LogP contribution in [0.25, 0.3) is 0 Å². The van der Waals surface area contributed by atoms with Crippen LogP contribution in [-0.4, -0.2) is 13.6 Å². The molecule has 2 heteroatoms. The summed E-state index contributed by atoms with van der Waals surface area (Å²) in [6, 6.07) is 0. The fraction of sp³-hybridized carbons (Fsp3) is 0.889. The van der Waals surface area contributed by atoms with E-state index in [1.54, 1.807) is 0 Å². The van der Waals surface area contributed by atoms with Gasteiger partial charge in [-0.3, -0.25) is 4.79 Å². The van der Waals surface area contributed by atoms with E-state index in [2.05, 4.69) is 18.6 Å². The molecule has 0 aromatic rings. The molecule has 0 atom stereocenters. The molecule has 0 bridgehead atoms. The second-order valence-corrected chi connectivity index (χ2v) is 3.70. The maximum atomic E-state index is 8.95. The van der Waals surface area contributed by atoms with Gasteiger partial charge < -0.3 is 4.74 Å². The molecule has 1 rings (SSSR count). The lowest BCUT2D eigenvalue weighted by molar-refractivity contribution is -0.126. The molecule has 1 fully saturated rings. The molecule has 1 aliphatic carbocycles. The molecule has 1 aliphatic rings. The highest BCUT2D eigenvalue weighted by molar-refractivity contribution is 5.36. The Balaban J connectivity index is 0.000000218. The van der Waals surface area contributed by atoms with Crippen LogP contribution in [0, 0.1) is 5.41 Å². The Morgan fingerprint density at radius 2 is 1.64 bits per heavy atom. The highest BCUT2D eigenvalue weighted by Crippen LogP contribution is 2.36. The van der Waals surface area contributed by atoms with Crippen LogP contribution in [0.1, 0.15) is 39.5 Å². The topological polar surface area (TPSA) is 26.3 Å². The molecular weight excluding hydrogens is 140 g/mol. The van der Waals surface area contributed by atoms with Crippen LogP contribution in [0.4, 0.5) is 0 Å². The standard InChI is InChI=1S/C7H14.C2H4O2/c1-7(2)5-3-4-6-7;1-4-2-3/h3-6H2,1-2H3;2H,1H3. The second kappa shape index (κ2) is 5.16. The van der Waals surface area contributed by atoms with Crippen molar-refractivity contribution in [1.29, 1.82) is 0 Å². The third-order valence-corrected chi connectivity index (χ3v) is 2.05. The van der Waals surface area contributed by atoms with Gasteiger partial charge in [-0.25, -0.2) is 0 Å². The zero-order chi connectivity index (χ0) is 8.74. The molecule has 11 heavy (non-hydrogen) atoms. The first-order chi connectivity index (χ1) is 5.12. The van der Waals surface area contributed by atoms with Gasteiger partial charge >= 0.3 is 0 Å². The summed E-state index contributed by atoms with van der Waals surface area (Å²) in [7, 11) is 1.31. The monoisotopic (exact) mass is 158 g/mol. The van der Waals surface area contributed by atoms with E-state index in [4.69, 9.17) is 4.79 Å². The van der Waals surface area contributed by atoms with Crippen molar-refractivity contribution < 1.29 is 9.53 Å². The Morgan fingerprint density at radius 1 is 1.27 bits per heavy atom. The quantitative estimate of drug-likeness (QED) is 0.548. The maximum Gasteiger partial charge on any atom is 0.292 e. The molecule has 0 spiro atoms. The maximum absolute atomic E-state index is 8.95. The molecule has 0 amide bonds. The van der Waals surface area contributed by atoms with Crippen LogP contribution in [0.2, 0.25) is 0 Å². The van der Waals surface area contributed by atoms with E-state index >= 15 is 0 Å². The number of rotatable bonds is 1. The molecule has 2 nitrogen and oxygen atoms in total. The molecule has 0 unspecified atom stereocenters. The average molecular weight is 158 g/mol. The van der Waals surface area contributed by atoms with Gasteiger partial charge in [0, 0.05) is 0 Å². The van der Waals surface area contributed by atoms with Crippen molar-refractivity contribution in [3.63, 3.8) is 0 Å². The van der Waals surface area contributed by atoms with Crippen LogP contribution in [0.5, 0.6) is 0 Å². The number of carbonyl (C=O) groups excluding carboxylic acids is 1. The van der Waals surface area contributed by atoms with Crippen molar-refractivity contribution >= 4 is 6.47 Å². The van der Waals surface area contributed by atoms with Gasteiger partial charge in [0.1, 0.15) is 0 Å². The smallest absolute Gasteiger partial charge is 0.292 e. The van der Waals surface area contributed by atoms with Crippen LogP contribution in [0.15, 0.2) is 0 Å². The van der Waals surface area contributed by atoms with Crippen LogP contribution < -0.4 is 0 Å². The second-order valence-electron chi connectivity index (χ2n) is 3.70. The summed E-state index contributed by atoms with van der Waals surface area (Å²) in [5, 5.41) is 0. The zero-order valence-electron chi connectivity index (χ0n) is 7.72. The van der Waals surface area contributed by atoms with Crippen molar-refractivity contribution in [2.75, 3.05) is 7.11 Å². The Kier molecular flexibility index (Phi) is 4.92. The molecule has 0 aromatic heterocycles. The minimum Gasteiger partial charge on any atom is -0.471 e. The van der Waals surface area contributed by atoms with Crippen LogP contribution in [0.3, 0.4) is 0 Å². The summed E-state index contributed by atoms with van der Waals surface area (Å²) in [4.78, 5) is 8.95. The highest BCUT2D eigenvalue weighted by Gasteiger charge is 2.21. The summed E-state index contributed by atoms with van der Waals surface area (Å²) in [6.07, 6.45) is 5.83. The zero-order valence-corrected chi connectivity index (χ0v) is 7.72. The number of methoxy groups -OCH3 is 1. The van der Waals surface area contributed by atoms with Crippen molar-refractivity contribution in [2.45, 2.75) is 39.5 Å². The molecule has 0 aliphatic heterocycles. The molecule has 0 saturated heterocycles. The first-order valence-corrected chi connectivity index (χ1v) is 4.09. The number of hydrogen-bond donors (Lipinski definition) is 0. The minimum absolute atomic E-state index is 0.375. The molecule has 0 aromatic carbocycles. The average Bonchev–Trinajstić information content (AvgIpc) is 2.35. The van der Waals surface area contributed by atoms with Gasteiger partial charge in [0.2, 0.25) is 0 Å². The Morgan fingerprint density at radius 3 is 1.73 bits per heavy atom. The van der Waals surface area contributed by atoms with Crippen molar-refractivity contribution in [2.24, 2.45) is 5.41 Å². The van der Waals surface area contributed by atoms with Gasteiger partial charge in [-0.2, -0.15) is 0 Å². The van der Waals surface area contributed by atoms with Gasteiger partial charge in [0.25, 0.3) is 6.47 Å². The third-order valence-electron chi connectivity index (χ3n) is 2.05. The van der Waals surface area contributed by atoms with Gasteiger partial charge in [-0.1, -0.05) is 26.7 Å². The van der Waals surface area contributed by atoms with E-state index in [0.29, 0.717) is 11.9 Å². The first-order valence-electron chi connectivity index (χ1n) is 4.09. The number of ether oxygens (including phenoxy) is 1. The normalized spacial score (nSPS) is 19.9. The molecule has 1 saturated carbocycles. The van der Waals surface area contributed by atoms with Gasteiger partial charge in [-0.15, -0.1) is 0 Å². The van der Waals surface area contributed by atoms with Crippen molar-refractivity contribution in [3.05, 3.63) is 0 Å². The van der Waals surface area contributed by atoms with E-state index in [1.165, 1.54) is 32.8 Å². The van der Waals surface area contributed by atoms with Gasteiger partial charge in [0.05, 0.1) is 7.11 Å². The summed E-state index contributed by atoms with van der Waals surface area (Å²) in [5.74, 6) is 0. The Hall–Kier alpha value is -0.530. The van der Waals surface area contributed by atoms with E-state index in [-0.39, 0.29) is 0 Å². The van der Waals surface area contributed by atoms with Crippen LogP contribution in [-0.2, 0) is 9.53 Å². The lowest BCUT2D eigenvalue weighted by Crippen LogP contribution is -2.01. The van der Waals surface area contributed by atoms with Gasteiger partial charge in [-0.05, 0) is 18.3 Å². The van der Waals surface area contributed by atoms with E-state index in [9.17, 15) is 0 Å². The van der Waals surface area contributed by atoms with E-state index in [0.717, 1.165) is 0 Å². The molecule has 0 heterocycles. The molecule has 66 valence electrons. The van der Waals surface area contributed by atoms with Crippen molar-refractivity contribution in [3.8, 4) is 0 Å². The van der Waals surface area contributed by atoms with Crippen molar-refractivity contribution in [1.82, 2.24) is 0 Å².